The van der Waals surface area contributed by atoms with Crippen molar-refractivity contribution in [3.05, 3.63) is 53.3 Å². The first-order chi connectivity index (χ1) is 14.6. The van der Waals surface area contributed by atoms with Crippen LogP contribution in [0.1, 0.15) is 30.9 Å². The van der Waals surface area contributed by atoms with Crippen LogP contribution in [0.4, 0.5) is 4.39 Å². The first-order valence-corrected chi connectivity index (χ1v) is 10.1. The Morgan fingerprint density at radius 2 is 1.68 bits per heavy atom. The van der Waals surface area contributed by atoms with E-state index in [9.17, 15) is 4.39 Å². The van der Waals surface area contributed by atoms with Gasteiger partial charge in [-0.15, -0.1) is 24.0 Å². The van der Waals surface area contributed by atoms with Crippen LogP contribution in [0, 0.1) is 5.82 Å². The zero-order valence-corrected chi connectivity index (χ0v) is 20.8. The first-order valence-electron chi connectivity index (χ1n) is 10.1. The van der Waals surface area contributed by atoms with E-state index in [4.69, 9.17) is 14.2 Å². The maximum absolute atomic E-state index is 14.3. The van der Waals surface area contributed by atoms with E-state index in [2.05, 4.69) is 15.6 Å². The van der Waals surface area contributed by atoms with Crippen LogP contribution in [0.25, 0.3) is 0 Å². The molecule has 0 heterocycles. The molecular formula is C23H31FIN3O3. The number of benzene rings is 2. The quantitative estimate of drug-likeness (QED) is 0.281. The standard InChI is InChI=1S/C23H30FN3O3.HI/c1-5-25-22(27-15-23(10-11-23)17-8-6-7-9-18(17)24)26-14-16-12-19(28-2)21(30-4)20(13-16)29-3;/h6-9,12-13H,5,10-11,14-15H2,1-4H3,(H2,25,26,27);1H. The number of halogens is 2. The highest BCUT2D eigenvalue weighted by molar-refractivity contribution is 14.0. The third kappa shape index (κ3) is 5.93. The summed E-state index contributed by atoms with van der Waals surface area (Å²) in [6.45, 7) is 3.81. The highest BCUT2D eigenvalue weighted by Gasteiger charge is 2.45. The highest BCUT2D eigenvalue weighted by Crippen LogP contribution is 2.48. The Morgan fingerprint density at radius 1 is 1.03 bits per heavy atom. The molecule has 0 spiro atoms. The molecule has 170 valence electrons. The summed E-state index contributed by atoms with van der Waals surface area (Å²) in [5.41, 5.74) is 1.54. The van der Waals surface area contributed by atoms with Crippen LogP contribution >= 0.6 is 24.0 Å². The van der Waals surface area contributed by atoms with Crippen molar-refractivity contribution in [2.45, 2.75) is 31.7 Å². The van der Waals surface area contributed by atoms with Gasteiger partial charge in [0.1, 0.15) is 5.82 Å². The van der Waals surface area contributed by atoms with Crippen molar-refractivity contribution in [1.82, 2.24) is 10.6 Å². The van der Waals surface area contributed by atoms with Gasteiger partial charge in [0, 0.05) is 18.5 Å². The van der Waals surface area contributed by atoms with Crippen LogP contribution in [-0.2, 0) is 12.0 Å². The van der Waals surface area contributed by atoms with E-state index in [1.165, 1.54) is 6.07 Å². The fourth-order valence-electron chi connectivity index (χ4n) is 3.58. The molecule has 2 aromatic rings. The summed E-state index contributed by atoms with van der Waals surface area (Å²) in [7, 11) is 4.76. The Labute approximate surface area is 200 Å². The number of hydrogen-bond donors (Lipinski definition) is 2. The number of aliphatic imine (C=N–C) groups is 1. The molecule has 2 N–H and O–H groups in total. The molecule has 0 radical (unpaired) electrons. The van der Waals surface area contributed by atoms with Gasteiger partial charge in [0.05, 0.1) is 27.9 Å². The SMILES string of the molecule is CCNC(=NCc1cc(OC)c(OC)c(OC)c1)NCC1(c2ccccc2F)CC1.I. The molecule has 2 aromatic carbocycles. The van der Waals surface area contributed by atoms with E-state index in [1.54, 1.807) is 27.4 Å². The van der Waals surface area contributed by atoms with Crippen LogP contribution in [0.5, 0.6) is 17.2 Å². The van der Waals surface area contributed by atoms with E-state index < -0.39 is 0 Å². The zero-order valence-electron chi connectivity index (χ0n) is 18.5. The minimum absolute atomic E-state index is 0. The Morgan fingerprint density at radius 3 is 2.19 bits per heavy atom. The van der Waals surface area contributed by atoms with E-state index >= 15 is 0 Å². The van der Waals surface area contributed by atoms with Gasteiger partial charge >= 0.3 is 0 Å². The molecule has 1 aliphatic carbocycles. The van der Waals surface area contributed by atoms with Crippen LogP contribution in [0.3, 0.4) is 0 Å². The molecule has 0 aliphatic heterocycles. The number of hydrogen-bond acceptors (Lipinski definition) is 4. The van der Waals surface area contributed by atoms with Crippen molar-refractivity contribution in [3.8, 4) is 17.2 Å². The molecule has 6 nitrogen and oxygen atoms in total. The van der Waals surface area contributed by atoms with Gasteiger partial charge in [-0.25, -0.2) is 9.38 Å². The van der Waals surface area contributed by atoms with Crippen molar-refractivity contribution < 1.29 is 18.6 Å². The molecule has 1 fully saturated rings. The molecule has 31 heavy (non-hydrogen) atoms. The van der Waals surface area contributed by atoms with Crippen molar-refractivity contribution in [2.75, 3.05) is 34.4 Å². The average Bonchev–Trinajstić information content (AvgIpc) is 3.56. The maximum atomic E-state index is 14.3. The van der Waals surface area contributed by atoms with Gasteiger partial charge < -0.3 is 24.8 Å². The Hall–Kier alpha value is -2.23. The summed E-state index contributed by atoms with van der Waals surface area (Å²) >= 11 is 0. The summed E-state index contributed by atoms with van der Waals surface area (Å²) in [6, 6.07) is 10.8. The van der Waals surface area contributed by atoms with Gasteiger partial charge in [0.15, 0.2) is 17.5 Å². The number of guanidine groups is 1. The van der Waals surface area contributed by atoms with Crippen LogP contribution in [0.2, 0.25) is 0 Å². The highest BCUT2D eigenvalue weighted by atomic mass is 127. The van der Waals surface area contributed by atoms with Gasteiger partial charge in [-0.1, -0.05) is 18.2 Å². The Kier molecular flexibility index (Phi) is 9.21. The third-order valence-electron chi connectivity index (χ3n) is 5.38. The summed E-state index contributed by atoms with van der Waals surface area (Å²) in [6.07, 6.45) is 1.93. The molecule has 8 heteroatoms. The van der Waals surface area contributed by atoms with Gasteiger partial charge in [-0.2, -0.15) is 0 Å². The number of ether oxygens (including phenoxy) is 3. The Balaban J connectivity index is 0.00000341. The van der Waals surface area contributed by atoms with Crippen molar-refractivity contribution >= 4 is 29.9 Å². The lowest BCUT2D eigenvalue weighted by Gasteiger charge is -2.19. The fourth-order valence-corrected chi connectivity index (χ4v) is 3.58. The van der Waals surface area contributed by atoms with Crippen molar-refractivity contribution in [3.63, 3.8) is 0 Å². The number of methoxy groups -OCH3 is 3. The monoisotopic (exact) mass is 543 g/mol. The van der Waals surface area contributed by atoms with E-state index in [0.717, 1.165) is 30.5 Å². The van der Waals surface area contributed by atoms with Gasteiger partial charge in [-0.05, 0) is 49.1 Å². The lowest BCUT2D eigenvalue weighted by Crippen LogP contribution is -2.41. The molecule has 0 amide bonds. The molecule has 1 saturated carbocycles. The fraction of sp³-hybridized carbons (Fsp3) is 0.435. The molecule has 1 aliphatic rings. The topological polar surface area (TPSA) is 64.1 Å². The molecule has 0 unspecified atom stereocenters. The minimum atomic E-state index is -0.159. The van der Waals surface area contributed by atoms with Gasteiger partial charge in [-0.3, -0.25) is 0 Å². The third-order valence-corrected chi connectivity index (χ3v) is 5.38. The van der Waals surface area contributed by atoms with Gasteiger partial charge in [0.25, 0.3) is 0 Å². The molecule has 0 bridgehead atoms. The first kappa shape index (κ1) is 25.0. The van der Waals surface area contributed by atoms with Crippen molar-refractivity contribution in [1.29, 1.82) is 0 Å². The second-order valence-corrected chi connectivity index (χ2v) is 7.34. The van der Waals surface area contributed by atoms with Crippen LogP contribution in [-0.4, -0.2) is 40.4 Å². The van der Waals surface area contributed by atoms with Crippen LogP contribution in [0.15, 0.2) is 41.4 Å². The van der Waals surface area contributed by atoms with E-state index in [1.807, 2.05) is 31.2 Å². The Bertz CT molecular complexity index is 878. The summed E-state index contributed by atoms with van der Waals surface area (Å²) in [4.78, 5) is 4.69. The molecule has 0 saturated heterocycles. The average molecular weight is 543 g/mol. The minimum Gasteiger partial charge on any atom is -0.493 e. The largest absolute Gasteiger partial charge is 0.493 e. The molecule has 0 atom stereocenters. The lowest BCUT2D eigenvalue weighted by molar-refractivity contribution is 0.324. The molecular weight excluding hydrogens is 512 g/mol. The second-order valence-electron chi connectivity index (χ2n) is 7.34. The van der Waals surface area contributed by atoms with E-state index in [0.29, 0.717) is 36.3 Å². The second kappa shape index (κ2) is 11.4. The maximum Gasteiger partial charge on any atom is 0.203 e. The number of nitrogens with one attached hydrogen (secondary N) is 2. The summed E-state index contributed by atoms with van der Waals surface area (Å²) in [5.74, 6) is 2.29. The zero-order chi connectivity index (χ0) is 21.6. The predicted octanol–water partition coefficient (Wildman–Crippen LogP) is 4.26. The number of nitrogens with zero attached hydrogens (tertiary/aromatic N) is 1. The normalized spacial score (nSPS) is 14.3. The smallest absolute Gasteiger partial charge is 0.203 e. The molecule has 3 rings (SSSR count). The summed E-state index contributed by atoms with van der Waals surface area (Å²) < 4.78 is 30.5. The van der Waals surface area contributed by atoms with Gasteiger partial charge in [0.2, 0.25) is 5.75 Å². The molecule has 0 aromatic heterocycles. The van der Waals surface area contributed by atoms with Crippen molar-refractivity contribution in [2.24, 2.45) is 4.99 Å². The van der Waals surface area contributed by atoms with Crippen LogP contribution < -0.4 is 24.8 Å². The lowest BCUT2D eigenvalue weighted by atomic mass is 9.95. The number of rotatable bonds is 9. The predicted molar refractivity (Wildman–Crippen MR) is 132 cm³/mol. The van der Waals surface area contributed by atoms with E-state index in [-0.39, 0.29) is 35.2 Å². The summed E-state index contributed by atoms with van der Waals surface area (Å²) in [5, 5.41) is 6.64.